The molecule has 2 fully saturated rings. The molecule has 0 aliphatic carbocycles. The molecule has 2 rings (SSSR count). The molecule has 0 N–H and O–H groups in total. The molecule has 1 amide bonds. The lowest BCUT2D eigenvalue weighted by Crippen LogP contribution is -2.63. The lowest BCUT2D eigenvalue weighted by Gasteiger charge is -2.50. The van der Waals surface area contributed by atoms with Crippen molar-refractivity contribution in [3.63, 3.8) is 0 Å². The van der Waals surface area contributed by atoms with Gasteiger partial charge >= 0.3 is 6.09 Å². The summed E-state index contributed by atoms with van der Waals surface area (Å²) in [5.74, 6) is 0. The number of ether oxygens (including phenoxy) is 1. The minimum atomic E-state index is -0.435. The first kappa shape index (κ1) is 16.1. The van der Waals surface area contributed by atoms with E-state index in [-0.39, 0.29) is 18.2 Å². The van der Waals surface area contributed by atoms with Crippen LogP contribution in [-0.4, -0.2) is 53.2 Å². The van der Waals surface area contributed by atoms with Gasteiger partial charge in [0.1, 0.15) is 5.60 Å². The molecule has 2 atom stereocenters. The number of amides is 1. The molecule has 0 aromatic carbocycles. The Balaban J connectivity index is 1.96. The number of likely N-dealkylation sites (tertiary alicyclic amines) is 1. The summed E-state index contributed by atoms with van der Waals surface area (Å²) in [6.45, 7) is 8.54. The van der Waals surface area contributed by atoms with Gasteiger partial charge in [0.2, 0.25) is 0 Å². The zero-order chi connectivity index (χ0) is 15.5. The molecule has 5 nitrogen and oxygen atoms in total. The van der Waals surface area contributed by atoms with Crippen LogP contribution in [0.25, 0.3) is 0 Å². The van der Waals surface area contributed by atoms with Crippen LogP contribution in [0, 0.1) is 11.3 Å². The van der Waals surface area contributed by atoms with Gasteiger partial charge in [-0.05, 0) is 53.0 Å². The maximum atomic E-state index is 12.4. The third-order valence-corrected chi connectivity index (χ3v) is 4.17. The molecule has 0 unspecified atom stereocenters. The number of hydrogen-bond donors (Lipinski definition) is 0. The van der Waals surface area contributed by atoms with Crippen molar-refractivity contribution in [2.24, 2.45) is 0 Å². The summed E-state index contributed by atoms with van der Waals surface area (Å²) in [6, 6.07) is 2.74. The summed E-state index contributed by atoms with van der Waals surface area (Å²) in [7, 11) is 0. The van der Waals surface area contributed by atoms with Crippen LogP contribution in [0.5, 0.6) is 0 Å². The van der Waals surface area contributed by atoms with Gasteiger partial charge in [-0.15, -0.1) is 0 Å². The van der Waals surface area contributed by atoms with Crippen LogP contribution >= 0.6 is 0 Å². The Hall–Kier alpha value is -1.28. The van der Waals surface area contributed by atoms with E-state index in [1.807, 2.05) is 25.7 Å². The van der Waals surface area contributed by atoms with Gasteiger partial charge in [0.25, 0.3) is 0 Å². The molecule has 5 heteroatoms. The molecule has 2 aliphatic rings. The lowest BCUT2D eigenvalue weighted by atomic mass is 9.91. The Bertz CT molecular complexity index is 397. The van der Waals surface area contributed by atoms with Crippen LogP contribution < -0.4 is 0 Å². The van der Waals surface area contributed by atoms with Crippen LogP contribution in [0.4, 0.5) is 4.79 Å². The van der Waals surface area contributed by atoms with Gasteiger partial charge in [-0.3, -0.25) is 9.80 Å². The smallest absolute Gasteiger partial charge is 0.410 e. The lowest BCUT2D eigenvalue weighted by molar-refractivity contribution is -0.0375. The number of nitrogens with zero attached hydrogens (tertiary/aromatic N) is 3. The molecule has 2 saturated heterocycles. The minimum absolute atomic E-state index is 0.158. The van der Waals surface area contributed by atoms with Crippen LogP contribution in [-0.2, 0) is 4.74 Å². The molecule has 0 aromatic rings. The number of fused-ring (bicyclic) bond motifs is 2. The van der Waals surface area contributed by atoms with E-state index in [9.17, 15) is 4.79 Å². The fourth-order valence-electron chi connectivity index (χ4n) is 3.37. The van der Waals surface area contributed by atoms with E-state index >= 15 is 0 Å². The highest BCUT2D eigenvalue weighted by Crippen LogP contribution is 2.30. The third-order valence-electron chi connectivity index (χ3n) is 4.17. The first-order valence-electron chi connectivity index (χ1n) is 8.01. The Morgan fingerprint density at radius 3 is 2.43 bits per heavy atom. The number of carbonyl (C=O) groups is 1. The van der Waals surface area contributed by atoms with Gasteiger partial charge in [-0.2, -0.15) is 5.26 Å². The maximum Gasteiger partial charge on any atom is 0.410 e. The largest absolute Gasteiger partial charge is 0.444 e. The second kappa shape index (κ2) is 6.65. The topological polar surface area (TPSA) is 56.6 Å². The second-order valence-corrected chi connectivity index (χ2v) is 7.15. The van der Waals surface area contributed by atoms with Crippen molar-refractivity contribution in [2.75, 3.05) is 19.6 Å². The number of nitriles is 1. The normalized spacial score (nSPS) is 26.3. The molecule has 0 radical (unpaired) electrons. The third kappa shape index (κ3) is 4.34. The Labute approximate surface area is 127 Å². The minimum Gasteiger partial charge on any atom is -0.444 e. The number of unbranched alkanes of at least 4 members (excludes halogenated alkanes) is 1. The highest BCUT2D eigenvalue weighted by Gasteiger charge is 2.41. The molecule has 2 bridgehead atoms. The Morgan fingerprint density at radius 2 is 1.90 bits per heavy atom. The monoisotopic (exact) mass is 293 g/mol. The van der Waals surface area contributed by atoms with Crippen LogP contribution in [0.3, 0.4) is 0 Å². The molecule has 2 aliphatic heterocycles. The van der Waals surface area contributed by atoms with Crippen molar-refractivity contribution in [3.8, 4) is 6.07 Å². The van der Waals surface area contributed by atoms with Crippen molar-refractivity contribution < 1.29 is 9.53 Å². The average molecular weight is 293 g/mol. The predicted molar refractivity (Wildman–Crippen MR) is 80.8 cm³/mol. The van der Waals surface area contributed by atoms with Crippen molar-refractivity contribution in [1.82, 2.24) is 9.80 Å². The first-order valence-corrected chi connectivity index (χ1v) is 8.01. The second-order valence-electron chi connectivity index (χ2n) is 7.15. The van der Waals surface area contributed by atoms with Gasteiger partial charge in [0.15, 0.2) is 0 Å². The van der Waals surface area contributed by atoms with E-state index in [0.29, 0.717) is 6.42 Å². The average Bonchev–Trinajstić information content (AvgIpc) is 2.35. The number of hydrogen-bond acceptors (Lipinski definition) is 4. The van der Waals surface area contributed by atoms with E-state index in [4.69, 9.17) is 10.00 Å². The van der Waals surface area contributed by atoms with E-state index in [1.165, 1.54) is 6.42 Å². The van der Waals surface area contributed by atoms with Crippen molar-refractivity contribution in [1.29, 1.82) is 5.26 Å². The number of rotatable bonds is 3. The fourth-order valence-corrected chi connectivity index (χ4v) is 3.37. The quantitative estimate of drug-likeness (QED) is 0.751. The first-order chi connectivity index (χ1) is 9.90. The number of piperazine rings is 1. The van der Waals surface area contributed by atoms with Gasteiger partial charge < -0.3 is 4.74 Å². The molecule has 21 heavy (non-hydrogen) atoms. The molecule has 2 heterocycles. The highest BCUT2D eigenvalue weighted by atomic mass is 16.6. The van der Waals surface area contributed by atoms with E-state index in [2.05, 4.69) is 11.0 Å². The van der Waals surface area contributed by atoms with Crippen molar-refractivity contribution in [3.05, 3.63) is 0 Å². The zero-order valence-electron chi connectivity index (χ0n) is 13.5. The molecular weight excluding hydrogens is 266 g/mol. The summed E-state index contributed by atoms with van der Waals surface area (Å²) < 4.78 is 5.57. The van der Waals surface area contributed by atoms with Crippen LogP contribution in [0.2, 0.25) is 0 Å². The summed E-state index contributed by atoms with van der Waals surface area (Å²) in [5, 5.41) is 8.64. The standard InChI is InChI=1S/C16H27N3O2/c1-16(2,3)21-15(20)19-13-7-6-8-14(19)12-18(11-13)10-5-4-9-17/h13-14H,4-8,10-12H2,1-3H3/t13-,14-/m0/s1. The van der Waals surface area contributed by atoms with Crippen molar-refractivity contribution in [2.45, 2.75) is 70.6 Å². The zero-order valence-corrected chi connectivity index (χ0v) is 13.5. The number of carbonyl (C=O) groups excluding carboxylic acids is 1. The van der Waals surface area contributed by atoms with Gasteiger partial charge in [0, 0.05) is 31.6 Å². The fraction of sp³-hybridized carbons (Fsp3) is 0.875. The van der Waals surface area contributed by atoms with Crippen molar-refractivity contribution >= 4 is 6.09 Å². The van der Waals surface area contributed by atoms with Crippen LogP contribution in [0.15, 0.2) is 0 Å². The SMILES string of the molecule is CC(C)(C)OC(=O)N1[C@H]2CCC[C@H]1CN(CCCC#N)C2. The van der Waals surface area contributed by atoms with E-state index in [1.54, 1.807) is 0 Å². The molecule has 0 spiro atoms. The molecule has 0 saturated carbocycles. The Kier molecular flexibility index (Phi) is 5.10. The molecule has 118 valence electrons. The number of piperidine rings is 1. The Morgan fingerprint density at radius 1 is 1.29 bits per heavy atom. The summed E-state index contributed by atoms with van der Waals surface area (Å²) in [4.78, 5) is 16.8. The van der Waals surface area contributed by atoms with Gasteiger partial charge in [0.05, 0.1) is 6.07 Å². The highest BCUT2D eigenvalue weighted by molar-refractivity contribution is 5.69. The molecular formula is C16H27N3O2. The molecule has 0 aromatic heterocycles. The van der Waals surface area contributed by atoms with Gasteiger partial charge in [-0.1, -0.05) is 0 Å². The van der Waals surface area contributed by atoms with E-state index < -0.39 is 5.60 Å². The van der Waals surface area contributed by atoms with Gasteiger partial charge in [-0.25, -0.2) is 4.79 Å². The summed E-state index contributed by atoms with van der Waals surface area (Å²) in [6.07, 6.45) is 4.69. The van der Waals surface area contributed by atoms with Crippen LogP contribution in [0.1, 0.15) is 52.9 Å². The van der Waals surface area contributed by atoms with E-state index in [0.717, 1.165) is 38.9 Å². The summed E-state index contributed by atoms with van der Waals surface area (Å²) in [5.41, 5.74) is -0.435. The predicted octanol–water partition coefficient (Wildman–Crippen LogP) is 2.76. The summed E-state index contributed by atoms with van der Waals surface area (Å²) >= 11 is 0. The maximum absolute atomic E-state index is 12.4.